The summed E-state index contributed by atoms with van der Waals surface area (Å²) in [5.74, 6) is 0.216. The first-order valence-electron chi connectivity index (χ1n) is 7.75. The minimum Gasteiger partial charge on any atom is -0.432 e. The van der Waals surface area contributed by atoms with Gasteiger partial charge in [0.15, 0.2) is 5.75 Å². The van der Waals surface area contributed by atoms with Gasteiger partial charge in [-0.3, -0.25) is 0 Å². The van der Waals surface area contributed by atoms with Crippen LogP contribution < -0.4 is 10.1 Å². The molecule has 1 saturated carbocycles. The molecule has 1 fully saturated rings. The normalized spacial score (nSPS) is 16.5. The zero-order chi connectivity index (χ0) is 15.8. The maximum absolute atomic E-state index is 12.9. The molecule has 5 heteroatoms. The van der Waals surface area contributed by atoms with Gasteiger partial charge in [0.1, 0.15) is 0 Å². The molecule has 1 aliphatic carbocycles. The third-order valence-corrected chi connectivity index (χ3v) is 4.19. The van der Waals surface area contributed by atoms with Crippen LogP contribution in [0.4, 0.5) is 14.5 Å². The van der Waals surface area contributed by atoms with Gasteiger partial charge in [0.2, 0.25) is 0 Å². The Kier molecular flexibility index (Phi) is 3.65. The van der Waals surface area contributed by atoms with E-state index in [-0.39, 0.29) is 5.75 Å². The Morgan fingerprint density at radius 3 is 2.70 bits per heavy atom. The van der Waals surface area contributed by atoms with Crippen molar-refractivity contribution in [3.63, 3.8) is 0 Å². The standard InChI is InChI=1S/C18H17F2NO2/c19-18(20)23-17-15(2-1-3-16(17)21-14-6-7-14)11-4-5-12-9-22-10-13(12)8-11/h1-5,8,14,18,21H,6-7,9-10H2. The molecule has 0 bridgehead atoms. The van der Waals surface area contributed by atoms with Gasteiger partial charge in [0, 0.05) is 11.6 Å². The number of rotatable bonds is 5. The molecule has 1 aliphatic heterocycles. The Bertz CT molecular complexity index is 729. The first-order valence-corrected chi connectivity index (χ1v) is 7.75. The monoisotopic (exact) mass is 317 g/mol. The third kappa shape index (κ3) is 3.01. The van der Waals surface area contributed by atoms with Gasteiger partial charge < -0.3 is 14.8 Å². The number of hydrogen-bond donors (Lipinski definition) is 1. The molecule has 2 aromatic carbocycles. The maximum atomic E-state index is 12.9. The number of alkyl halides is 2. The predicted octanol–water partition coefficient (Wildman–Crippen LogP) is 4.56. The zero-order valence-corrected chi connectivity index (χ0v) is 12.5. The van der Waals surface area contributed by atoms with Crippen molar-refractivity contribution >= 4 is 5.69 Å². The van der Waals surface area contributed by atoms with Crippen LogP contribution in [0.25, 0.3) is 11.1 Å². The van der Waals surface area contributed by atoms with Gasteiger partial charge in [-0.25, -0.2) is 0 Å². The van der Waals surface area contributed by atoms with Crippen LogP contribution in [0, 0.1) is 0 Å². The van der Waals surface area contributed by atoms with Gasteiger partial charge >= 0.3 is 6.61 Å². The fraction of sp³-hybridized carbons (Fsp3) is 0.333. The van der Waals surface area contributed by atoms with E-state index in [2.05, 4.69) is 5.32 Å². The highest BCUT2D eigenvalue weighted by Gasteiger charge is 2.24. The molecule has 0 unspecified atom stereocenters. The van der Waals surface area contributed by atoms with Crippen molar-refractivity contribution in [3.8, 4) is 16.9 Å². The lowest BCUT2D eigenvalue weighted by molar-refractivity contribution is -0.0489. The minimum absolute atomic E-state index is 0.216. The highest BCUT2D eigenvalue weighted by Crippen LogP contribution is 2.40. The van der Waals surface area contributed by atoms with E-state index in [9.17, 15) is 8.78 Å². The average molecular weight is 317 g/mol. The van der Waals surface area contributed by atoms with Crippen LogP contribution in [0.3, 0.4) is 0 Å². The Hall–Kier alpha value is -2.14. The summed E-state index contributed by atoms with van der Waals surface area (Å²) in [5, 5.41) is 3.27. The topological polar surface area (TPSA) is 30.5 Å². The first kappa shape index (κ1) is 14.5. The third-order valence-electron chi connectivity index (χ3n) is 4.19. The first-order chi connectivity index (χ1) is 11.2. The van der Waals surface area contributed by atoms with Crippen LogP contribution in [0.1, 0.15) is 24.0 Å². The van der Waals surface area contributed by atoms with Gasteiger partial charge in [-0.1, -0.05) is 24.3 Å². The number of nitrogens with one attached hydrogen (secondary N) is 1. The molecule has 23 heavy (non-hydrogen) atoms. The predicted molar refractivity (Wildman–Crippen MR) is 83.6 cm³/mol. The lowest BCUT2D eigenvalue weighted by Gasteiger charge is -2.17. The van der Waals surface area contributed by atoms with Crippen molar-refractivity contribution < 1.29 is 18.3 Å². The van der Waals surface area contributed by atoms with Crippen molar-refractivity contribution in [1.29, 1.82) is 0 Å². The van der Waals surface area contributed by atoms with E-state index in [4.69, 9.17) is 9.47 Å². The van der Waals surface area contributed by atoms with Gasteiger partial charge in [0.05, 0.1) is 18.9 Å². The van der Waals surface area contributed by atoms with Crippen molar-refractivity contribution in [2.75, 3.05) is 5.32 Å². The summed E-state index contributed by atoms with van der Waals surface area (Å²) in [6.45, 7) is -1.68. The maximum Gasteiger partial charge on any atom is 0.387 e. The van der Waals surface area contributed by atoms with E-state index in [1.54, 1.807) is 6.07 Å². The summed E-state index contributed by atoms with van der Waals surface area (Å²) >= 11 is 0. The van der Waals surface area contributed by atoms with E-state index in [1.165, 1.54) is 0 Å². The average Bonchev–Trinajstić information content (AvgIpc) is 3.22. The number of para-hydroxylation sites is 1. The van der Waals surface area contributed by atoms with Crippen LogP contribution >= 0.6 is 0 Å². The molecule has 120 valence electrons. The summed E-state index contributed by atoms with van der Waals surface area (Å²) in [6, 6.07) is 11.7. The Balaban J connectivity index is 1.76. The number of anilines is 1. The van der Waals surface area contributed by atoms with Gasteiger partial charge in [-0.15, -0.1) is 0 Å². The van der Waals surface area contributed by atoms with E-state index in [0.717, 1.165) is 29.5 Å². The molecule has 0 atom stereocenters. The Morgan fingerprint density at radius 1 is 1.09 bits per heavy atom. The molecule has 2 aromatic rings. The largest absolute Gasteiger partial charge is 0.432 e. The lowest BCUT2D eigenvalue weighted by Crippen LogP contribution is -2.08. The van der Waals surface area contributed by atoms with Crippen LogP contribution in [0.15, 0.2) is 36.4 Å². The molecule has 2 aliphatic rings. The number of ether oxygens (including phenoxy) is 2. The Labute approximate surface area is 133 Å². The lowest BCUT2D eigenvalue weighted by atomic mass is 9.99. The molecule has 1 N–H and O–H groups in total. The smallest absolute Gasteiger partial charge is 0.387 e. The summed E-state index contributed by atoms with van der Waals surface area (Å²) in [7, 11) is 0. The molecule has 0 amide bonds. The van der Waals surface area contributed by atoms with Crippen molar-refractivity contribution in [2.45, 2.75) is 38.7 Å². The van der Waals surface area contributed by atoms with E-state index >= 15 is 0 Å². The quantitative estimate of drug-likeness (QED) is 0.877. The molecule has 0 saturated heterocycles. The molecule has 3 nitrogen and oxygen atoms in total. The second-order valence-electron chi connectivity index (χ2n) is 5.96. The van der Waals surface area contributed by atoms with Crippen molar-refractivity contribution in [1.82, 2.24) is 0 Å². The van der Waals surface area contributed by atoms with E-state index in [1.807, 2.05) is 30.3 Å². The molecular weight excluding hydrogens is 300 g/mol. The van der Waals surface area contributed by atoms with Crippen LogP contribution in [-0.2, 0) is 18.0 Å². The molecule has 0 radical (unpaired) electrons. The summed E-state index contributed by atoms with van der Waals surface area (Å²) < 4.78 is 36.1. The molecular formula is C18H17F2NO2. The zero-order valence-electron chi connectivity index (χ0n) is 12.5. The van der Waals surface area contributed by atoms with Gasteiger partial charge in [-0.2, -0.15) is 8.78 Å². The van der Waals surface area contributed by atoms with Gasteiger partial charge in [-0.05, 0) is 41.7 Å². The summed E-state index contributed by atoms with van der Waals surface area (Å²) in [5.41, 5.74) is 4.42. The number of halogens is 2. The van der Waals surface area contributed by atoms with Crippen LogP contribution in [-0.4, -0.2) is 12.7 Å². The molecule has 0 spiro atoms. The molecule has 0 aromatic heterocycles. The minimum atomic E-state index is -2.85. The van der Waals surface area contributed by atoms with Crippen LogP contribution in [0.5, 0.6) is 5.75 Å². The van der Waals surface area contributed by atoms with E-state index in [0.29, 0.717) is 30.5 Å². The number of hydrogen-bond acceptors (Lipinski definition) is 3. The highest BCUT2D eigenvalue weighted by atomic mass is 19.3. The summed E-state index contributed by atoms with van der Waals surface area (Å²) in [4.78, 5) is 0. The molecule has 1 heterocycles. The fourth-order valence-corrected chi connectivity index (χ4v) is 2.88. The van der Waals surface area contributed by atoms with E-state index < -0.39 is 6.61 Å². The SMILES string of the molecule is FC(F)Oc1c(NC2CC2)cccc1-c1ccc2c(c1)COC2. The second-order valence-corrected chi connectivity index (χ2v) is 5.96. The summed E-state index contributed by atoms with van der Waals surface area (Å²) in [6.07, 6.45) is 2.13. The number of benzene rings is 2. The van der Waals surface area contributed by atoms with Crippen LogP contribution in [0.2, 0.25) is 0 Å². The van der Waals surface area contributed by atoms with Crippen molar-refractivity contribution in [3.05, 3.63) is 47.5 Å². The fourth-order valence-electron chi connectivity index (χ4n) is 2.88. The second kappa shape index (κ2) is 5.81. The molecule has 4 rings (SSSR count). The van der Waals surface area contributed by atoms with Crippen molar-refractivity contribution in [2.24, 2.45) is 0 Å². The Morgan fingerprint density at radius 2 is 1.91 bits per heavy atom. The van der Waals surface area contributed by atoms with Gasteiger partial charge in [0.25, 0.3) is 0 Å². The highest BCUT2D eigenvalue weighted by molar-refractivity contribution is 5.79. The number of fused-ring (bicyclic) bond motifs is 1.